The number of imidazole rings is 3. The minimum atomic E-state index is -0.442. The van der Waals surface area contributed by atoms with Crippen molar-refractivity contribution >= 4 is 96.1 Å². The van der Waals surface area contributed by atoms with Gasteiger partial charge in [0.2, 0.25) is 5.95 Å². The molecule has 0 fully saturated rings. The number of nitrogen functional groups attached to an aromatic ring is 1. The molecular weight excluding hydrogens is 1180 g/mol. The third-order valence-corrected chi connectivity index (χ3v) is 14.1. The monoisotopic (exact) mass is 1250 g/mol. The zero-order valence-electron chi connectivity index (χ0n) is 45.3. The van der Waals surface area contributed by atoms with Crippen molar-refractivity contribution in [2.45, 2.75) is 120 Å². The number of benzene rings is 3. The topological polar surface area (TPSA) is 280 Å². The van der Waals surface area contributed by atoms with E-state index in [9.17, 15) is 28.8 Å². The molecule has 0 bridgehead atoms. The van der Waals surface area contributed by atoms with Crippen LogP contribution >= 0.6 is 50.7 Å². The maximum absolute atomic E-state index is 13.0. The highest BCUT2D eigenvalue weighted by Crippen LogP contribution is 2.23. The van der Waals surface area contributed by atoms with Crippen LogP contribution in [0.4, 0.5) is 11.9 Å². The molecule has 0 unspecified atom stereocenters. The molecule has 0 saturated heterocycles. The number of anilines is 1. The molecule has 23 nitrogen and oxygen atoms in total. The molecule has 0 spiro atoms. The van der Waals surface area contributed by atoms with Gasteiger partial charge in [-0.15, -0.1) is 0 Å². The van der Waals surface area contributed by atoms with Gasteiger partial charge in [-0.2, -0.15) is 4.98 Å². The predicted octanol–water partition coefficient (Wildman–Crippen LogP) is 9.75. The van der Waals surface area contributed by atoms with Crippen LogP contribution < -0.4 is 39.5 Å². The Kier molecular flexibility index (Phi) is 25.0. The van der Waals surface area contributed by atoms with Crippen molar-refractivity contribution in [3.63, 3.8) is 0 Å². The van der Waals surface area contributed by atoms with E-state index in [0.717, 1.165) is 48.8 Å². The summed E-state index contributed by atoms with van der Waals surface area (Å²) in [7, 11) is 4.79. The van der Waals surface area contributed by atoms with E-state index < -0.39 is 11.2 Å². The molecule has 82 heavy (non-hydrogen) atoms. The Bertz CT molecular complexity index is 3900. The van der Waals surface area contributed by atoms with Crippen molar-refractivity contribution in [3.05, 3.63) is 182 Å². The first-order valence-corrected chi connectivity index (χ1v) is 27.6. The molecule has 9 aromatic rings. The molecule has 0 aliphatic heterocycles. The molecular formula is C55H70BrCl3N16O7. The summed E-state index contributed by atoms with van der Waals surface area (Å²) in [6.45, 7) is 10.1. The first kappa shape index (κ1) is 67.0. The number of aliphatic hydroxyl groups is 1. The highest BCUT2D eigenvalue weighted by Gasteiger charge is 2.23. The number of halogens is 4. The maximum Gasteiger partial charge on any atom is 0.332 e. The first-order chi connectivity index (χ1) is 38.3. The Morgan fingerprint density at radius 1 is 0.524 bits per heavy atom. The summed E-state index contributed by atoms with van der Waals surface area (Å²) in [5.41, 5.74) is 17.3. The largest absolute Gasteiger partial charge is 0.397 e. The zero-order valence-corrected chi connectivity index (χ0v) is 49.2. The van der Waals surface area contributed by atoms with E-state index in [2.05, 4.69) is 40.9 Å². The standard InChI is InChI=1S/C17H18BrClN4O2.C17H18ClN7O2.C17H20ClN5O2.C2H6O.2CH4/c1-3-4-9-22-15(24)13-14(21(2)17(22)25)20-16(18)23(13)10-11-5-7-12(19)8-6-11;1-3-4-9-24-15(26)13-14(23(2)17(24)27)20-16(21-22-19)25(13)10-11-5-7-12(18)8-6-11;1-3-4-9-22-15(24)13-14(21(2)17(22)25)20-16(19)23(13)10-11-5-7-12(18)8-6-11;1-2-3;;/h5-8H,3-4,9-10H2,1-2H3;5-8H,3-4,9-10H2,1-2H3;5-8H,3-4,9-10H2,1-2H3,(H2,19,20);3H,2H2,1H3;2*1H4. The van der Waals surface area contributed by atoms with E-state index in [1.165, 1.54) is 32.0 Å². The molecule has 6 heterocycles. The maximum atomic E-state index is 13.0. The fourth-order valence-electron chi connectivity index (χ4n) is 8.52. The number of hydrogen-bond donors (Lipinski definition) is 2. The molecule has 27 heteroatoms. The number of aliphatic hydroxyl groups excluding tert-OH is 1. The van der Waals surface area contributed by atoms with E-state index >= 15 is 0 Å². The molecule has 0 aliphatic carbocycles. The molecule has 3 N–H and O–H groups in total. The zero-order chi connectivity index (χ0) is 58.5. The molecule has 0 atom stereocenters. The third kappa shape index (κ3) is 15.0. The van der Waals surface area contributed by atoms with Crippen molar-refractivity contribution in [2.24, 2.45) is 26.3 Å². The van der Waals surface area contributed by atoms with Crippen LogP contribution in [0, 0.1) is 0 Å². The molecule has 9 rings (SSSR count). The van der Waals surface area contributed by atoms with Gasteiger partial charge in [0, 0.05) is 73.9 Å². The van der Waals surface area contributed by atoms with Gasteiger partial charge in [-0.05, 0) is 106 Å². The average molecular weight is 1250 g/mol. The third-order valence-electron chi connectivity index (χ3n) is 12.8. The lowest BCUT2D eigenvalue weighted by Gasteiger charge is -2.10. The predicted molar refractivity (Wildman–Crippen MR) is 331 cm³/mol. The number of unbranched alkanes of at least 4 members (excludes halogenated alkanes) is 3. The van der Waals surface area contributed by atoms with Gasteiger partial charge in [-0.1, -0.05) is 126 Å². The van der Waals surface area contributed by atoms with Crippen LogP contribution in [-0.4, -0.2) is 67.8 Å². The highest BCUT2D eigenvalue weighted by molar-refractivity contribution is 9.10. The summed E-state index contributed by atoms with van der Waals surface area (Å²) in [4.78, 5) is 91.9. The molecule has 0 saturated carbocycles. The van der Waals surface area contributed by atoms with E-state index in [1.54, 1.807) is 73.6 Å². The van der Waals surface area contributed by atoms with Crippen molar-refractivity contribution < 1.29 is 5.11 Å². The van der Waals surface area contributed by atoms with Crippen LogP contribution in [0.25, 0.3) is 43.9 Å². The number of aryl methyl sites for hydroxylation is 3. The fraction of sp³-hybridized carbons (Fsp3) is 0.400. The van der Waals surface area contributed by atoms with Crippen molar-refractivity contribution in [1.29, 1.82) is 0 Å². The van der Waals surface area contributed by atoms with Crippen molar-refractivity contribution in [1.82, 2.24) is 56.1 Å². The first-order valence-electron chi connectivity index (χ1n) is 25.7. The second kappa shape index (κ2) is 30.5. The van der Waals surface area contributed by atoms with Gasteiger partial charge in [0.05, 0.1) is 13.1 Å². The van der Waals surface area contributed by atoms with Crippen LogP contribution in [0.1, 0.15) is 97.8 Å². The molecule has 0 radical (unpaired) electrons. The molecule has 0 amide bonds. The Balaban J connectivity index is 0.000000255. The average Bonchev–Trinajstić information content (AvgIpc) is 4.30. The van der Waals surface area contributed by atoms with E-state index in [-0.39, 0.29) is 73.6 Å². The van der Waals surface area contributed by atoms with Gasteiger partial charge < -0.3 is 24.5 Å². The normalized spacial score (nSPS) is 10.7. The summed E-state index contributed by atoms with van der Waals surface area (Å²) >= 11 is 21.2. The molecule has 0 aliphatic rings. The Morgan fingerprint density at radius 2 is 0.829 bits per heavy atom. The minimum Gasteiger partial charge on any atom is -0.397 e. The van der Waals surface area contributed by atoms with Crippen LogP contribution in [0.2, 0.25) is 15.1 Å². The van der Waals surface area contributed by atoms with Gasteiger partial charge in [-0.3, -0.25) is 41.8 Å². The van der Waals surface area contributed by atoms with E-state index in [0.29, 0.717) is 81.3 Å². The van der Waals surface area contributed by atoms with Crippen LogP contribution in [0.3, 0.4) is 0 Å². The lowest BCUT2D eigenvalue weighted by atomic mass is 10.2. The van der Waals surface area contributed by atoms with Crippen molar-refractivity contribution in [3.8, 4) is 0 Å². The van der Waals surface area contributed by atoms with E-state index in [4.69, 9.17) is 51.2 Å². The Labute approximate surface area is 495 Å². The van der Waals surface area contributed by atoms with Gasteiger partial charge in [-0.25, -0.2) is 24.4 Å². The number of aromatic nitrogens is 12. The molecule has 3 aromatic carbocycles. The Morgan fingerprint density at radius 3 is 1.18 bits per heavy atom. The summed E-state index contributed by atoms with van der Waals surface area (Å²) < 4.78 is 13.3. The molecule has 6 aromatic heterocycles. The van der Waals surface area contributed by atoms with Gasteiger partial charge in [0.1, 0.15) is 0 Å². The van der Waals surface area contributed by atoms with Crippen LogP contribution in [-0.2, 0) is 60.4 Å². The number of nitrogens with zero attached hydrogens (tertiary/aromatic N) is 15. The van der Waals surface area contributed by atoms with Gasteiger partial charge in [0.15, 0.2) is 44.2 Å². The smallest absolute Gasteiger partial charge is 0.332 e. The summed E-state index contributed by atoms with van der Waals surface area (Å²) in [5, 5.41) is 13.1. The molecule has 440 valence electrons. The number of nitrogens with two attached hydrogens (primary N) is 1. The number of rotatable bonds is 16. The number of azide groups is 1. The number of hydrogen-bond acceptors (Lipinski definition) is 12. The fourth-order valence-corrected chi connectivity index (χ4v) is 9.37. The Hall–Kier alpha value is -7.47. The van der Waals surface area contributed by atoms with E-state index in [1.807, 2.05) is 57.2 Å². The lowest BCUT2D eigenvalue weighted by molar-refractivity contribution is 0.318. The van der Waals surface area contributed by atoms with Gasteiger partial charge in [0.25, 0.3) is 16.7 Å². The van der Waals surface area contributed by atoms with Crippen molar-refractivity contribution in [2.75, 3.05) is 12.3 Å². The summed E-state index contributed by atoms with van der Waals surface area (Å²) in [6.07, 6.45) is 4.87. The quantitative estimate of drug-likeness (QED) is 0.0397. The SMILES string of the molecule is C.C.CCCCn1c(=O)c2c(nc(Br)n2Cc2ccc(Cl)cc2)n(C)c1=O.CCCCn1c(=O)c2c(nc(N)n2Cc2ccc(Cl)cc2)n(C)c1=O.CCCCn1c(=O)c2c(nc(N=[N+]=[N-])n2Cc2ccc(Cl)cc2)n(C)c1=O.CCO. The van der Waals surface area contributed by atoms with Crippen LogP contribution in [0.15, 0.2) is 111 Å². The second-order valence-electron chi connectivity index (χ2n) is 18.4. The second-order valence-corrected chi connectivity index (χ2v) is 20.4. The highest BCUT2D eigenvalue weighted by atomic mass is 79.9. The van der Waals surface area contributed by atoms with Gasteiger partial charge >= 0.3 is 17.1 Å². The summed E-state index contributed by atoms with van der Waals surface area (Å²) in [6, 6.07) is 21.8. The number of fused-ring (bicyclic) bond motifs is 3. The van der Waals surface area contributed by atoms with Crippen LogP contribution in [0.5, 0.6) is 0 Å². The lowest BCUT2D eigenvalue weighted by Crippen LogP contribution is -2.39. The minimum absolute atomic E-state index is 0. The summed E-state index contributed by atoms with van der Waals surface area (Å²) in [5.74, 6) is 0.230.